The molecule has 0 bridgehead atoms. The molecule has 0 aromatic heterocycles. The Bertz CT molecular complexity index is 504. The van der Waals surface area contributed by atoms with Crippen LogP contribution in [0.4, 0.5) is 0 Å². The van der Waals surface area contributed by atoms with Gasteiger partial charge in [0, 0.05) is 13.0 Å². The zero-order chi connectivity index (χ0) is 16.8. The molecule has 0 saturated heterocycles. The fraction of sp³-hybridized carbons (Fsp3) is 0.529. The highest BCUT2D eigenvalue weighted by molar-refractivity contribution is 5.82. The van der Waals surface area contributed by atoms with E-state index in [0.29, 0.717) is 6.54 Å². The molecule has 1 atom stereocenters. The Hall–Kier alpha value is -1.88. The van der Waals surface area contributed by atoms with Crippen molar-refractivity contribution in [2.45, 2.75) is 58.7 Å². The monoisotopic (exact) mass is 306 g/mol. The molecule has 0 saturated carbocycles. The first kappa shape index (κ1) is 18.2. The predicted octanol–water partition coefficient (Wildman–Crippen LogP) is 2.06. The van der Waals surface area contributed by atoms with E-state index in [1.165, 1.54) is 5.56 Å². The zero-order valence-electron chi connectivity index (χ0n) is 13.8. The molecule has 1 amide bonds. The van der Waals surface area contributed by atoms with E-state index in [-0.39, 0.29) is 24.7 Å². The van der Waals surface area contributed by atoms with Gasteiger partial charge in [-0.1, -0.05) is 29.8 Å². The van der Waals surface area contributed by atoms with Gasteiger partial charge in [0.25, 0.3) is 0 Å². The molecule has 1 aromatic rings. The lowest BCUT2D eigenvalue weighted by molar-refractivity contribution is -0.155. The molecule has 1 rings (SSSR count). The summed E-state index contributed by atoms with van der Waals surface area (Å²) in [6, 6.07) is 7.19. The Morgan fingerprint density at radius 3 is 2.36 bits per heavy atom. The van der Waals surface area contributed by atoms with Crippen molar-refractivity contribution >= 4 is 11.9 Å². The third-order valence-electron chi connectivity index (χ3n) is 3.00. The molecule has 0 heterocycles. The molecule has 0 radical (unpaired) electrons. The van der Waals surface area contributed by atoms with Crippen molar-refractivity contribution in [2.75, 3.05) is 0 Å². The smallest absolute Gasteiger partial charge is 0.306 e. The highest BCUT2D eigenvalue weighted by Crippen LogP contribution is 2.10. The number of ether oxygens (including phenoxy) is 1. The van der Waals surface area contributed by atoms with Gasteiger partial charge in [0.1, 0.15) is 5.60 Å². The summed E-state index contributed by atoms with van der Waals surface area (Å²) in [5.74, 6) is -0.599. The van der Waals surface area contributed by atoms with E-state index < -0.39 is 11.6 Å². The van der Waals surface area contributed by atoms with Gasteiger partial charge >= 0.3 is 5.97 Å². The van der Waals surface area contributed by atoms with Crippen LogP contribution in [-0.2, 0) is 20.9 Å². The van der Waals surface area contributed by atoms with Gasteiger partial charge in [-0.2, -0.15) is 0 Å². The summed E-state index contributed by atoms with van der Waals surface area (Å²) in [6.07, 6.45) is 0.408. The average Bonchev–Trinajstić information content (AvgIpc) is 2.42. The van der Waals surface area contributed by atoms with E-state index in [0.717, 1.165) is 5.56 Å². The minimum absolute atomic E-state index is 0.135. The van der Waals surface area contributed by atoms with Crippen LogP contribution in [0.15, 0.2) is 24.3 Å². The number of aryl methyl sites for hydroxylation is 1. The normalized spacial score (nSPS) is 12.6. The quantitative estimate of drug-likeness (QED) is 0.788. The van der Waals surface area contributed by atoms with Crippen molar-refractivity contribution in [3.63, 3.8) is 0 Å². The number of carbonyl (C=O) groups is 2. The van der Waals surface area contributed by atoms with E-state index in [4.69, 9.17) is 10.5 Å². The number of benzene rings is 1. The first-order valence-corrected chi connectivity index (χ1v) is 7.48. The number of amides is 1. The van der Waals surface area contributed by atoms with E-state index in [1.807, 2.05) is 31.2 Å². The van der Waals surface area contributed by atoms with Crippen LogP contribution < -0.4 is 11.1 Å². The molecular weight excluding hydrogens is 280 g/mol. The first-order chi connectivity index (χ1) is 10.2. The third kappa shape index (κ3) is 7.22. The van der Waals surface area contributed by atoms with Crippen molar-refractivity contribution in [3.8, 4) is 0 Å². The summed E-state index contributed by atoms with van der Waals surface area (Å²) in [5.41, 5.74) is 7.46. The van der Waals surface area contributed by atoms with Crippen LogP contribution in [0.1, 0.15) is 44.7 Å². The summed E-state index contributed by atoms with van der Waals surface area (Å²) in [6.45, 7) is 7.85. The number of carbonyl (C=O) groups excluding carboxylic acids is 2. The summed E-state index contributed by atoms with van der Waals surface area (Å²) < 4.78 is 5.18. The molecule has 0 aliphatic rings. The average molecular weight is 306 g/mol. The Morgan fingerprint density at radius 1 is 1.23 bits per heavy atom. The maximum Gasteiger partial charge on any atom is 0.306 e. The Balaban J connectivity index is 2.33. The lowest BCUT2D eigenvalue weighted by atomic mass is 10.1. The fourth-order valence-corrected chi connectivity index (χ4v) is 1.82. The predicted molar refractivity (Wildman–Crippen MR) is 86.1 cm³/mol. The highest BCUT2D eigenvalue weighted by Gasteiger charge is 2.19. The summed E-state index contributed by atoms with van der Waals surface area (Å²) in [5, 5.41) is 2.77. The van der Waals surface area contributed by atoms with Gasteiger partial charge in [0.15, 0.2) is 0 Å². The van der Waals surface area contributed by atoms with E-state index in [1.54, 1.807) is 20.8 Å². The topological polar surface area (TPSA) is 81.4 Å². The first-order valence-electron chi connectivity index (χ1n) is 7.48. The minimum Gasteiger partial charge on any atom is -0.460 e. The van der Waals surface area contributed by atoms with Gasteiger partial charge in [-0.3, -0.25) is 9.59 Å². The summed E-state index contributed by atoms with van der Waals surface area (Å²) in [7, 11) is 0. The molecular formula is C17H26N2O3. The molecule has 5 heteroatoms. The van der Waals surface area contributed by atoms with Crippen molar-refractivity contribution in [3.05, 3.63) is 35.4 Å². The van der Waals surface area contributed by atoms with Crippen molar-refractivity contribution < 1.29 is 14.3 Å². The molecule has 122 valence electrons. The fourth-order valence-electron chi connectivity index (χ4n) is 1.82. The van der Waals surface area contributed by atoms with Crippen molar-refractivity contribution in [2.24, 2.45) is 5.73 Å². The largest absolute Gasteiger partial charge is 0.460 e. The summed E-state index contributed by atoms with van der Waals surface area (Å²) >= 11 is 0. The van der Waals surface area contributed by atoms with E-state index in [2.05, 4.69) is 5.32 Å². The Kier molecular flexibility index (Phi) is 6.56. The molecule has 0 fully saturated rings. The van der Waals surface area contributed by atoms with E-state index >= 15 is 0 Å². The lowest BCUT2D eigenvalue weighted by Crippen LogP contribution is -2.40. The van der Waals surface area contributed by atoms with Crippen molar-refractivity contribution in [1.82, 2.24) is 5.32 Å². The molecule has 3 N–H and O–H groups in total. The highest BCUT2D eigenvalue weighted by atomic mass is 16.6. The van der Waals surface area contributed by atoms with E-state index in [9.17, 15) is 9.59 Å². The standard InChI is InChI=1S/C17H26N2O3/c1-12-5-7-13(8-6-12)11-19-16(21)14(18)9-10-15(20)22-17(2,3)4/h5-8,14H,9-11,18H2,1-4H3,(H,19,21)/t14-/m1/s1. The SMILES string of the molecule is Cc1ccc(CNC(=O)[C@H](N)CCC(=O)OC(C)(C)C)cc1. The molecule has 22 heavy (non-hydrogen) atoms. The second-order valence-corrected chi connectivity index (χ2v) is 6.44. The second-order valence-electron chi connectivity index (χ2n) is 6.44. The van der Waals surface area contributed by atoms with Gasteiger partial charge in [-0.25, -0.2) is 0 Å². The Morgan fingerprint density at radius 2 is 1.82 bits per heavy atom. The van der Waals surface area contributed by atoms with Crippen LogP contribution in [0.2, 0.25) is 0 Å². The van der Waals surface area contributed by atoms with Gasteiger partial charge in [-0.05, 0) is 39.7 Å². The number of hydrogen-bond donors (Lipinski definition) is 2. The number of rotatable bonds is 6. The van der Waals surface area contributed by atoms with Gasteiger partial charge < -0.3 is 15.8 Å². The summed E-state index contributed by atoms with van der Waals surface area (Å²) in [4.78, 5) is 23.5. The number of hydrogen-bond acceptors (Lipinski definition) is 4. The number of nitrogens with two attached hydrogens (primary N) is 1. The molecule has 0 aliphatic carbocycles. The maximum atomic E-state index is 11.9. The van der Waals surface area contributed by atoms with Crippen molar-refractivity contribution in [1.29, 1.82) is 0 Å². The van der Waals surface area contributed by atoms with Crippen LogP contribution in [0.5, 0.6) is 0 Å². The molecule has 0 spiro atoms. The van der Waals surface area contributed by atoms with Crippen LogP contribution in [-0.4, -0.2) is 23.5 Å². The molecule has 0 unspecified atom stereocenters. The lowest BCUT2D eigenvalue weighted by Gasteiger charge is -2.20. The molecule has 1 aromatic carbocycles. The minimum atomic E-state index is -0.710. The zero-order valence-corrected chi connectivity index (χ0v) is 13.8. The van der Waals surface area contributed by atoms with Gasteiger partial charge in [0.2, 0.25) is 5.91 Å². The molecule has 5 nitrogen and oxygen atoms in total. The number of esters is 1. The third-order valence-corrected chi connectivity index (χ3v) is 3.00. The second kappa shape index (κ2) is 7.94. The Labute approximate surface area is 132 Å². The number of nitrogens with one attached hydrogen (secondary N) is 1. The molecule has 0 aliphatic heterocycles. The van der Waals surface area contributed by atoms with Crippen LogP contribution in [0.25, 0.3) is 0 Å². The van der Waals surface area contributed by atoms with Gasteiger partial charge in [-0.15, -0.1) is 0 Å². The van der Waals surface area contributed by atoms with Crippen LogP contribution >= 0.6 is 0 Å². The van der Waals surface area contributed by atoms with Gasteiger partial charge in [0.05, 0.1) is 6.04 Å². The maximum absolute atomic E-state index is 11.9. The van der Waals surface area contributed by atoms with Crippen LogP contribution in [0.3, 0.4) is 0 Å². The van der Waals surface area contributed by atoms with Crippen LogP contribution in [0, 0.1) is 6.92 Å².